The van der Waals surface area contributed by atoms with Crippen LogP contribution in [-0.2, 0) is 11.3 Å². The van der Waals surface area contributed by atoms with Crippen molar-refractivity contribution >= 4 is 22.7 Å². The molecular formula is C24H27FN4O5. The third kappa shape index (κ3) is 5.89. The number of methoxy groups -OCH3 is 2. The summed E-state index contributed by atoms with van der Waals surface area (Å²) in [6, 6.07) is 7.49. The fourth-order valence-electron chi connectivity index (χ4n) is 3.36. The number of ether oxygens (including phenoxy) is 2. The van der Waals surface area contributed by atoms with Gasteiger partial charge in [0.25, 0.3) is 11.5 Å². The van der Waals surface area contributed by atoms with Crippen LogP contribution in [0.3, 0.4) is 0 Å². The van der Waals surface area contributed by atoms with E-state index in [0.29, 0.717) is 40.9 Å². The van der Waals surface area contributed by atoms with E-state index in [0.717, 1.165) is 0 Å². The third-order valence-corrected chi connectivity index (χ3v) is 5.30. The summed E-state index contributed by atoms with van der Waals surface area (Å²) < 4.78 is 25.5. The van der Waals surface area contributed by atoms with Gasteiger partial charge in [-0.05, 0) is 37.1 Å². The highest BCUT2D eigenvalue weighted by molar-refractivity contribution is 5.94. The molecule has 1 aromatic heterocycles. The highest BCUT2D eigenvalue weighted by Crippen LogP contribution is 2.29. The Balaban J connectivity index is 1.45. The second kappa shape index (κ2) is 11.3. The van der Waals surface area contributed by atoms with Gasteiger partial charge in [-0.25, -0.2) is 9.37 Å². The monoisotopic (exact) mass is 470 g/mol. The van der Waals surface area contributed by atoms with Crippen molar-refractivity contribution in [1.82, 2.24) is 20.2 Å². The fourth-order valence-corrected chi connectivity index (χ4v) is 3.36. The van der Waals surface area contributed by atoms with Gasteiger partial charge in [-0.3, -0.25) is 19.0 Å². The number of carbonyl (C=O) groups is 2. The van der Waals surface area contributed by atoms with Crippen molar-refractivity contribution in [3.63, 3.8) is 0 Å². The first kappa shape index (κ1) is 24.7. The SMILES string of the molecule is COc1cc2ncn(CCCC(=O)NCCNC(=O)c3ccc(C)c(F)c3)c(=O)c2cc1OC. The number of rotatable bonds is 10. The van der Waals surface area contributed by atoms with Crippen molar-refractivity contribution in [2.45, 2.75) is 26.3 Å². The molecule has 0 aliphatic heterocycles. The number of aryl methyl sites for hydroxylation is 2. The molecule has 34 heavy (non-hydrogen) atoms. The van der Waals surface area contributed by atoms with Crippen LogP contribution in [0.15, 0.2) is 41.5 Å². The number of amides is 2. The predicted octanol–water partition coefficient (Wildman–Crippen LogP) is 2.19. The van der Waals surface area contributed by atoms with Gasteiger partial charge >= 0.3 is 0 Å². The van der Waals surface area contributed by atoms with Crippen LogP contribution in [0.5, 0.6) is 11.5 Å². The molecule has 3 aromatic rings. The molecule has 0 spiro atoms. The maximum Gasteiger partial charge on any atom is 0.261 e. The molecule has 0 radical (unpaired) electrons. The zero-order valence-corrected chi connectivity index (χ0v) is 19.3. The first-order chi connectivity index (χ1) is 16.3. The van der Waals surface area contributed by atoms with Crippen LogP contribution in [0.4, 0.5) is 4.39 Å². The number of benzene rings is 2. The molecule has 3 rings (SSSR count). The fraction of sp³-hybridized carbons (Fsp3) is 0.333. The van der Waals surface area contributed by atoms with Gasteiger partial charge in [-0.15, -0.1) is 0 Å². The molecule has 0 aliphatic carbocycles. The Morgan fingerprint density at radius 1 is 1.06 bits per heavy atom. The summed E-state index contributed by atoms with van der Waals surface area (Å²) in [7, 11) is 3.00. The Hall–Kier alpha value is -3.95. The molecule has 0 saturated carbocycles. The molecule has 0 fully saturated rings. The summed E-state index contributed by atoms with van der Waals surface area (Å²) >= 11 is 0. The van der Waals surface area contributed by atoms with Gasteiger partial charge in [0.05, 0.1) is 31.4 Å². The number of nitrogens with zero attached hydrogens (tertiary/aromatic N) is 2. The van der Waals surface area contributed by atoms with Crippen LogP contribution < -0.4 is 25.7 Å². The second-order valence-corrected chi connectivity index (χ2v) is 7.64. The summed E-state index contributed by atoms with van der Waals surface area (Å²) in [5.41, 5.74) is 0.944. The molecule has 2 aromatic carbocycles. The average molecular weight is 471 g/mol. The van der Waals surface area contributed by atoms with E-state index in [1.54, 1.807) is 25.1 Å². The lowest BCUT2D eigenvalue weighted by Crippen LogP contribution is -2.34. The molecule has 180 valence electrons. The van der Waals surface area contributed by atoms with Crippen molar-refractivity contribution in [3.8, 4) is 11.5 Å². The molecule has 0 aliphatic rings. The van der Waals surface area contributed by atoms with Gasteiger partial charge < -0.3 is 20.1 Å². The van der Waals surface area contributed by atoms with Crippen molar-refractivity contribution in [1.29, 1.82) is 0 Å². The summed E-state index contributed by atoms with van der Waals surface area (Å²) in [5, 5.41) is 5.74. The molecule has 2 N–H and O–H groups in total. The lowest BCUT2D eigenvalue weighted by molar-refractivity contribution is -0.121. The van der Waals surface area contributed by atoms with Gasteiger partial charge in [0, 0.05) is 37.7 Å². The van der Waals surface area contributed by atoms with Gasteiger partial charge in [0.2, 0.25) is 5.91 Å². The molecule has 1 heterocycles. The summed E-state index contributed by atoms with van der Waals surface area (Å²) in [6.07, 6.45) is 2.08. The first-order valence-corrected chi connectivity index (χ1v) is 10.8. The quantitative estimate of drug-likeness (QED) is 0.440. The van der Waals surface area contributed by atoms with E-state index in [4.69, 9.17) is 9.47 Å². The Morgan fingerprint density at radius 2 is 1.76 bits per heavy atom. The van der Waals surface area contributed by atoms with Crippen molar-refractivity contribution in [2.75, 3.05) is 27.3 Å². The van der Waals surface area contributed by atoms with Gasteiger partial charge in [0.15, 0.2) is 11.5 Å². The largest absolute Gasteiger partial charge is 0.493 e. The van der Waals surface area contributed by atoms with Crippen molar-refractivity contribution < 1.29 is 23.5 Å². The van der Waals surface area contributed by atoms with Crippen molar-refractivity contribution in [2.24, 2.45) is 0 Å². The van der Waals surface area contributed by atoms with E-state index in [2.05, 4.69) is 15.6 Å². The van der Waals surface area contributed by atoms with Gasteiger partial charge in [-0.2, -0.15) is 0 Å². The normalized spacial score (nSPS) is 10.7. The number of halogens is 1. The summed E-state index contributed by atoms with van der Waals surface area (Å²) in [4.78, 5) is 41.2. The number of aromatic nitrogens is 2. The van der Waals surface area contributed by atoms with E-state index in [9.17, 15) is 18.8 Å². The third-order valence-electron chi connectivity index (χ3n) is 5.30. The standard InChI is InChI=1S/C24H27FN4O5/c1-15-6-7-16(11-18(15)25)23(31)27-9-8-26-22(30)5-4-10-29-14-28-19-13-21(34-3)20(33-2)12-17(19)24(29)32/h6-7,11-14H,4-5,8-10H2,1-3H3,(H,26,30)(H,27,31). The van der Waals surface area contributed by atoms with Gasteiger partial charge in [-0.1, -0.05) is 6.07 Å². The van der Waals surface area contributed by atoms with E-state index in [1.165, 1.54) is 37.2 Å². The number of hydrogen-bond donors (Lipinski definition) is 2. The van der Waals surface area contributed by atoms with Crippen LogP contribution >= 0.6 is 0 Å². The molecule has 0 atom stereocenters. The van der Waals surface area contributed by atoms with E-state index < -0.39 is 11.7 Å². The lowest BCUT2D eigenvalue weighted by Gasteiger charge is -2.11. The number of fused-ring (bicyclic) bond motifs is 1. The topological polar surface area (TPSA) is 112 Å². The summed E-state index contributed by atoms with van der Waals surface area (Å²) in [5.74, 6) is -0.140. The highest BCUT2D eigenvalue weighted by atomic mass is 19.1. The minimum atomic E-state index is -0.444. The first-order valence-electron chi connectivity index (χ1n) is 10.8. The number of hydrogen-bond acceptors (Lipinski definition) is 6. The van der Waals surface area contributed by atoms with Crippen LogP contribution in [0.2, 0.25) is 0 Å². The molecular weight excluding hydrogens is 443 g/mol. The molecule has 9 nitrogen and oxygen atoms in total. The zero-order valence-electron chi connectivity index (χ0n) is 19.3. The average Bonchev–Trinajstić information content (AvgIpc) is 2.84. The van der Waals surface area contributed by atoms with E-state index in [-0.39, 0.29) is 36.5 Å². The van der Waals surface area contributed by atoms with Crippen LogP contribution in [0.25, 0.3) is 10.9 Å². The maximum absolute atomic E-state index is 13.6. The van der Waals surface area contributed by atoms with E-state index >= 15 is 0 Å². The van der Waals surface area contributed by atoms with Crippen LogP contribution in [0.1, 0.15) is 28.8 Å². The number of nitrogens with one attached hydrogen (secondary N) is 2. The Kier molecular flexibility index (Phi) is 8.18. The molecule has 0 unspecified atom stereocenters. The Bertz CT molecular complexity index is 1260. The van der Waals surface area contributed by atoms with Gasteiger partial charge in [0.1, 0.15) is 5.82 Å². The molecule has 10 heteroatoms. The number of carbonyl (C=O) groups excluding carboxylic acids is 2. The van der Waals surface area contributed by atoms with Crippen molar-refractivity contribution in [3.05, 3.63) is 64.0 Å². The highest BCUT2D eigenvalue weighted by Gasteiger charge is 2.12. The predicted molar refractivity (Wildman–Crippen MR) is 125 cm³/mol. The minimum absolute atomic E-state index is 0.202. The maximum atomic E-state index is 13.6. The van der Waals surface area contributed by atoms with E-state index in [1.807, 2.05) is 0 Å². The molecule has 2 amide bonds. The Labute approximate surface area is 195 Å². The smallest absolute Gasteiger partial charge is 0.261 e. The molecule has 0 bridgehead atoms. The second-order valence-electron chi connectivity index (χ2n) is 7.64. The van der Waals surface area contributed by atoms with Crippen LogP contribution in [-0.4, -0.2) is 48.7 Å². The zero-order chi connectivity index (χ0) is 24.7. The summed E-state index contributed by atoms with van der Waals surface area (Å²) in [6.45, 7) is 2.38. The lowest BCUT2D eigenvalue weighted by atomic mass is 10.1. The molecule has 0 saturated heterocycles. The van der Waals surface area contributed by atoms with Crippen LogP contribution in [0, 0.1) is 12.7 Å². The Morgan fingerprint density at radius 3 is 2.47 bits per heavy atom. The minimum Gasteiger partial charge on any atom is -0.493 e.